The fourth-order valence-electron chi connectivity index (χ4n) is 2.84. The van der Waals surface area contributed by atoms with Crippen LogP contribution in [-0.2, 0) is 6.42 Å². The van der Waals surface area contributed by atoms with Gasteiger partial charge in [-0.25, -0.2) is 0 Å². The molecule has 0 spiro atoms. The maximum atomic E-state index is 9.25. The van der Waals surface area contributed by atoms with Crippen LogP contribution in [0.5, 0.6) is 11.5 Å². The molecule has 2 aliphatic heterocycles. The molecule has 98 valence electrons. The third-order valence-corrected chi connectivity index (χ3v) is 3.88. The van der Waals surface area contributed by atoms with Gasteiger partial charge in [0.1, 0.15) is 0 Å². The molecule has 0 aliphatic carbocycles. The van der Waals surface area contributed by atoms with Crippen molar-refractivity contribution in [3.05, 3.63) is 23.8 Å². The predicted molar refractivity (Wildman–Crippen MR) is 67.7 cm³/mol. The van der Waals surface area contributed by atoms with E-state index in [0.717, 1.165) is 30.9 Å². The summed E-state index contributed by atoms with van der Waals surface area (Å²) in [5.41, 5.74) is 1.28. The zero-order chi connectivity index (χ0) is 12.4. The summed E-state index contributed by atoms with van der Waals surface area (Å²) < 4.78 is 10.7. The Bertz CT molecular complexity index is 422. The summed E-state index contributed by atoms with van der Waals surface area (Å²) in [4.78, 5) is 2.16. The third kappa shape index (κ3) is 2.31. The van der Waals surface area contributed by atoms with Gasteiger partial charge in [0.05, 0.1) is 6.73 Å². The van der Waals surface area contributed by atoms with Crippen LogP contribution in [0.2, 0.25) is 0 Å². The zero-order valence-corrected chi connectivity index (χ0v) is 10.5. The highest BCUT2D eigenvalue weighted by atomic mass is 16.7. The van der Waals surface area contributed by atoms with Gasteiger partial charge in [-0.3, -0.25) is 4.90 Å². The van der Waals surface area contributed by atoms with Gasteiger partial charge in [0.25, 0.3) is 0 Å². The maximum absolute atomic E-state index is 9.25. The fourth-order valence-corrected chi connectivity index (χ4v) is 2.84. The van der Waals surface area contributed by atoms with Gasteiger partial charge in [0, 0.05) is 12.6 Å². The molecule has 18 heavy (non-hydrogen) atoms. The summed E-state index contributed by atoms with van der Waals surface area (Å²) in [6.07, 6.45) is 4.52. The molecular weight excluding hydrogens is 230 g/mol. The molecule has 2 aliphatic rings. The summed E-state index contributed by atoms with van der Waals surface area (Å²) >= 11 is 0. The summed E-state index contributed by atoms with van der Waals surface area (Å²) in [6, 6.07) is 6.68. The Kier molecular flexibility index (Phi) is 3.39. The van der Waals surface area contributed by atoms with Crippen LogP contribution in [0.3, 0.4) is 0 Å². The first-order chi connectivity index (χ1) is 8.86. The fraction of sp³-hybridized carbons (Fsp3) is 0.571. The van der Waals surface area contributed by atoms with Crippen LogP contribution < -0.4 is 9.47 Å². The van der Waals surface area contributed by atoms with E-state index in [1.165, 1.54) is 18.4 Å². The molecule has 1 atom stereocenters. The van der Waals surface area contributed by atoms with Crippen LogP contribution in [0.25, 0.3) is 0 Å². The van der Waals surface area contributed by atoms with Crippen molar-refractivity contribution in [2.75, 3.05) is 20.1 Å². The van der Waals surface area contributed by atoms with E-state index in [1.807, 2.05) is 6.07 Å². The summed E-state index contributed by atoms with van der Waals surface area (Å²) in [5.74, 6) is 1.70. The largest absolute Gasteiger partial charge is 0.454 e. The van der Waals surface area contributed by atoms with E-state index in [1.54, 1.807) is 0 Å². The van der Waals surface area contributed by atoms with Gasteiger partial charge in [-0.1, -0.05) is 6.07 Å². The van der Waals surface area contributed by atoms with Crippen LogP contribution in [-0.4, -0.2) is 36.1 Å². The monoisotopic (exact) mass is 249 g/mol. The first-order valence-corrected chi connectivity index (χ1v) is 6.60. The second-order valence-corrected chi connectivity index (χ2v) is 4.98. The second kappa shape index (κ2) is 5.16. The smallest absolute Gasteiger partial charge is 0.231 e. The van der Waals surface area contributed by atoms with Gasteiger partial charge in [0.15, 0.2) is 11.5 Å². The van der Waals surface area contributed by atoms with E-state index in [2.05, 4.69) is 17.0 Å². The van der Waals surface area contributed by atoms with Gasteiger partial charge in [-0.15, -0.1) is 0 Å². The Morgan fingerprint density at radius 3 is 3.06 bits per heavy atom. The zero-order valence-electron chi connectivity index (χ0n) is 10.5. The lowest BCUT2D eigenvalue weighted by Gasteiger charge is -2.21. The molecule has 1 saturated heterocycles. The van der Waals surface area contributed by atoms with E-state index in [4.69, 9.17) is 9.47 Å². The number of aliphatic hydroxyl groups is 1. The predicted octanol–water partition coefficient (Wildman–Crippen LogP) is 1.76. The standard InChI is InChI=1S/C14H19NO3/c16-9-15-7-1-2-12(15)5-3-11-4-6-13-14(8-11)18-10-17-13/h4,6,8,12,16H,1-3,5,7,9-10H2/t12-/m1/s1. The topological polar surface area (TPSA) is 41.9 Å². The number of rotatable bonds is 4. The van der Waals surface area contributed by atoms with Crippen LogP contribution >= 0.6 is 0 Å². The highest BCUT2D eigenvalue weighted by Gasteiger charge is 2.23. The van der Waals surface area contributed by atoms with E-state index in [-0.39, 0.29) is 6.73 Å². The van der Waals surface area contributed by atoms with Crippen LogP contribution in [0.1, 0.15) is 24.8 Å². The Hall–Kier alpha value is -1.26. The molecule has 0 radical (unpaired) electrons. The molecule has 1 N–H and O–H groups in total. The molecule has 0 aromatic heterocycles. The average Bonchev–Trinajstić information content (AvgIpc) is 3.04. The van der Waals surface area contributed by atoms with E-state index < -0.39 is 0 Å². The Morgan fingerprint density at radius 2 is 2.17 bits per heavy atom. The Balaban J connectivity index is 1.60. The molecule has 3 rings (SSSR count). The van der Waals surface area contributed by atoms with Gasteiger partial charge < -0.3 is 14.6 Å². The average molecular weight is 249 g/mol. The minimum atomic E-state index is 0.186. The lowest BCUT2D eigenvalue weighted by molar-refractivity contribution is 0.0931. The van der Waals surface area contributed by atoms with Gasteiger partial charge in [-0.2, -0.15) is 0 Å². The number of aliphatic hydroxyl groups excluding tert-OH is 1. The highest BCUT2D eigenvalue weighted by Crippen LogP contribution is 2.33. The van der Waals surface area contributed by atoms with Crippen molar-refractivity contribution in [1.82, 2.24) is 4.90 Å². The number of aryl methyl sites for hydroxylation is 1. The van der Waals surface area contributed by atoms with Crippen LogP contribution in [0, 0.1) is 0 Å². The summed E-state index contributed by atoms with van der Waals surface area (Å²) in [6.45, 7) is 1.55. The number of ether oxygens (including phenoxy) is 2. The lowest BCUT2D eigenvalue weighted by atomic mass is 10.0. The van der Waals surface area contributed by atoms with Crippen molar-refractivity contribution in [3.8, 4) is 11.5 Å². The lowest BCUT2D eigenvalue weighted by Crippen LogP contribution is -2.30. The first kappa shape index (κ1) is 11.8. The molecular formula is C14H19NO3. The van der Waals surface area contributed by atoms with Crippen molar-refractivity contribution in [2.45, 2.75) is 31.7 Å². The third-order valence-electron chi connectivity index (χ3n) is 3.88. The van der Waals surface area contributed by atoms with Crippen molar-refractivity contribution in [3.63, 3.8) is 0 Å². The molecule has 1 aromatic rings. The van der Waals surface area contributed by atoms with Crippen LogP contribution in [0.15, 0.2) is 18.2 Å². The summed E-state index contributed by atoms with van der Waals surface area (Å²) in [5, 5.41) is 9.25. The quantitative estimate of drug-likeness (QED) is 0.883. The molecule has 0 amide bonds. The number of likely N-dealkylation sites (tertiary alicyclic amines) is 1. The normalized spacial score (nSPS) is 22.6. The highest BCUT2D eigenvalue weighted by molar-refractivity contribution is 5.44. The molecule has 4 nitrogen and oxygen atoms in total. The van der Waals surface area contributed by atoms with Crippen molar-refractivity contribution < 1.29 is 14.6 Å². The number of hydrogen-bond acceptors (Lipinski definition) is 4. The first-order valence-electron chi connectivity index (χ1n) is 6.60. The van der Waals surface area contributed by atoms with Crippen molar-refractivity contribution in [2.24, 2.45) is 0 Å². The summed E-state index contributed by atoms with van der Waals surface area (Å²) in [7, 11) is 0. The van der Waals surface area contributed by atoms with E-state index in [0.29, 0.717) is 12.8 Å². The SMILES string of the molecule is OCN1CCC[C@@H]1CCc1ccc2c(c1)OCO2. The Labute approximate surface area is 107 Å². The molecule has 1 aromatic carbocycles. The van der Waals surface area contributed by atoms with Crippen LogP contribution in [0.4, 0.5) is 0 Å². The maximum Gasteiger partial charge on any atom is 0.231 e. The minimum Gasteiger partial charge on any atom is -0.454 e. The minimum absolute atomic E-state index is 0.186. The Morgan fingerprint density at radius 1 is 1.28 bits per heavy atom. The molecule has 1 fully saturated rings. The molecule has 4 heteroatoms. The van der Waals surface area contributed by atoms with E-state index in [9.17, 15) is 5.11 Å². The van der Waals surface area contributed by atoms with Gasteiger partial charge in [0.2, 0.25) is 6.79 Å². The molecule has 0 unspecified atom stereocenters. The van der Waals surface area contributed by atoms with Gasteiger partial charge >= 0.3 is 0 Å². The number of nitrogens with zero attached hydrogens (tertiary/aromatic N) is 1. The molecule has 0 saturated carbocycles. The molecule has 2 heterocycles. The number of fused-ring (bicyclic) bond motifs is 1. The second-order valence-electron chi connectivity index (χ2n) is 4.98. The number of benzene rings is 1. The molecule has 0 bridgehead atoms. The van der Waals surface area contributed by atoms with Crippen molar-refractivity contribution >= 4 is 0 Å². The van der Waals surface area contributed by atoms with Crippen molar-refractivity contribution in [1.29, 1.82) is 0 Å². The van der Waals surface area contributed by atoms with E-state index >= 15 is 0 Å². The van der Waals surface area contributed by atoms with Gasteiger partial charge in [-0.05, 0) is 43.4 Å². The number of hydrogen-bond donors (Lipinski definition) is 1.